The molecular formula is C23H41IN4O3. The Balaban J connectivity index is 0.00000341. The van der Waals surface area contributed by atoms with Crippen LogP contribution in [-0.4, -0.2) is 77.1 Å². The molecule has 0 bridgehead atoms. The first kappa shape index (κ1) is 26.4. The highest BCUT2D eigenvalue weighted by Crippen LogP contribution is 2.41. The third-order valence-electron chi connectivity index (χ3n) is 6.36. The maximum Gasteiger partial charge on any atom is 0.191 e. The second-order valence-electron chi connectivity index (χ2n) is 8.61. The molecule has 178 valence electrons. The molecule has 0 aromatic carbocycles. The van der Waals surface area contributed by atoms with Gasteiger partial charge >= 0.3 is 0 Å². The van der Waals surface area contributed by atoms with Crippen molar-refractivity contribution in [3.05, 3.63) is 24.2 Å². The molecule has 31 heavy (non-hydrogen) atoms. The smallest absolute Gasteiger partial charge is 0.191 e. The molecule has 1 saturated heterocycles. The number of halogens is 1. The summed E-state index contributed by atoms with van der Waals surface area (Å²) in [5.74, 6) is 1.92. The number of nitrogens with one attached hydrogen (secondary N) is 2. The number of hydrogen-bond donors (Lipinski definition) is 2. The number of ether oxygens (including phenoxy) is 2. The SMILES string of the molecule is COCCC1(CN=C(NCCCN2CCOCC2)NCCc2ccco2)CCCC1.I. The molecule has 0 amide bonds. The van der Waals surface area contributed by atoms with Crippen LogP contribution in [0.5, 0.6) is 0 Å². The molecule has 0 radical (unpaired) electrons. The van der Waals surface area contributed by atoms with Gasteiger partial charge in [-0.3, -0.25) is 9.89 Å². The van der Waals surface area contributed by atoms with Crippen molar-refractivity contribution in [1.29, 1.82) is 0 Å². The Morgan fingerprint density at radius 3 is 2.68 bits per heavy atom. The molecule has 1 aliphatic carbocycles. The summed E-state index contributed by atoms with van der Waals surface area (Å²) in [4.78, 5) is 7.49. The van der Waals surface area contributed by atoms with Gasteiger partial charge in [-0.15, -0.1) is 24.0 Å². The van der Waals surface area contributed by atoms with Gasteiger partial charge in [0, 0.05) is 52.9 Å². The molecule has 1 aliphatic heterocycles. The Hall–Kier alpha value is -0.840. The number of nitrogens with zero attached hydrogens (tertiary/aromatic N) is 2. The number of guanidine groups is 1. The molecule has 1 aromatic rings. The standard InChI is InChI=1S/C23H40N4O3.HI/c1-28-17-10-23(8-2-3-9-23)20-26-22(25-12-7-21-6-4-16-30-21)24-11-5-13-27-14-18-29-19-15-27;/h4,6,16H,2-3,5,7-15,17-20H2,1H3,(H2,24,25,26);1H. The van der Waals surface area contributed by atoms with E-state index in [1.165, 1.54) is 25.7 Å². The third-order valence-corrected chi connectivity index (χ3v) is 6.36. The Labute approximate surface area is 204 Å². The van der Waals surface area contributed by atoms with Crippen molar-refractivity contribution in [2.45, 2.75) is 44.9 Å². The number of aliphatic imine (C=N–C) groups is 1. The minimum absolute atomic E-state index is 0. The van der Waals surface area contributed by atoms with Gasteiger partial charge < -0.3 is 24.5 Å². The topological polar surface area (TPSA) is 71.3 Å². The first-order valence-electron chi connectivity index (χ1n) is 11.6. The molecule has 0 unspecified atom stereocenters. The van der Waals surface area contributed by atoms with E-state index in [0.29, 0.717) is 5.41 Å². The summed E-state index contributed by atoms with van der Waals surface area (Å²) in [5.41, 5.74) is 0.305. The maximum atomic E-state index is 5.45. The minimum atomic E-state index is 0. The lowest BCUT2D eigenvalue weighted by molar-refractivity contribution is 0.0376. The van der Waals surface area contributed by atoms with Crippen LogP contribution in [0.15, 0.2) is 27.8 Å². The molecule has 2 heterocycles. The molecule has 8 heteroatoms. The van der Waals surface area contributed by atoms with Crippen LogP contribution in [0.1, 0.15) is 44.3 Å². The number of hydrogen-bond acceptors (Lipinski definition) is 5. The van der Waals surface area contributed by atoms with Gasteiger partial charge in [0.15, 0.2) is 5.96 Å². The molecule has 1 aromatic heterocycles. The van der Waals surface area contributed by atoms with Crippen molar-refractivity contribution in [2.75, 3.05) is 66.2 Å². The summed E-state index contributed by atoms with van der Waals surface area (Å²) in [6.45, 7) is 8.35. The van der Waals surface area contributed by atoms with Gasteiger partial charge in [-0.25, -0.2) is 0 Å². The van der Waals surface area contributed by atoms with Gasteiger partial charge in [0.1, 0.15) is 5.76 Å². The summed E-state index contributed by atoms with van der Waals surface area (Å²) in [5, 5.41) is 7.06. The molecule has 3 rings (SSSR count). The first-order valence-corrected chi connectivity index (χ1v) is 11.6. The average Bonchev–Trinajstić information content (AvgIpc) is 3.46. The molecule has 7 nitrogen and oxygen atoms in total. The van der Waals surface area contributed by atoms with E-state index in [1.807, 2.05) is 12.1 Å². The average molecular weight is 549 g/mol. The fraction of sp³-hybridized carbons (Fsp3) is 0.783. The van der Waals surface area contributed by atoms with E-state index in [2.05, 4.69) is 15.5 Å². The van der Waals surface area contributed by atoms with Crippen LogP contribution in [0, 0.1) is 5.41 Å². The van der Waals surface area contributed by atoms with Gasteiger partial charge in [0.25, 0.3) is 0 Å². The predicted molar refractivity (Wildman–Crippen MR) is 135 cm³/mol. The van der Waals surface area contributed by atoms with Crippen molar-refractivity contribution >= 4 is 29.9 Å². The molecule has 0 spiro atoms. The zero-order valence-corrected chi connectivity index (χ0v) is 21.4. The predicted octanol–water partition coefficient (Wildman–Crippen LogP) is 3.29. The lowest BCUT2D eigenvalue weighted by Gasteiger charge is -2.28. The van der Waals surface area contributed by atoms with Crippen LogP contribution in [0.25, 0.3) is 0 Å². The van der Waals surface area contributed by atoms with E-state index in [1.54, 1.807) is 13.4 Å². The number of rotatable bonds is 12. The summed E-state index contributed by atoms with van der Waals surface area (Å²) in [6.07, 6.45) is 9.94. The zero-order chi connectivity index (χ0) is 20.9. The Morgan fingerprint density at radius 1 is 1.19 bits per heavy atom. The Bertz CT molecular complexity index is 600. The fourth-order valence-corrected chi connectivity index (χ4v) is 4.44. The van der Waals surface area contributed by atoms with E-state index < -0.39 is 0 Å². The number of furan rings is 1. The van der Waals surface area contributed by atoms with Crippen LogP contribution in [0.4, 0.5) is 0 Å². The van der Waals surface area contributed by atoms with Crippen LogP contribution in [0.3, 0.4) is 0 Å². The maximum absolute atomic E-state index is 5.45. The highest BCUT2D eigenvalue weighted by molar-refractivity contribution is 14.0. The Morgan fingerprint density at radius 2 is 1.97 bits per heavy atom. The molecular weight excluding hydrogens is 507 g/mol. The van der Waals surface area contributed by atoms with E-state index in [9.17, 15) is 0 Å². The molecule has 2 fully saturated rings. The summed E-state index contributed by atoms with van der Waals surface area (Å²) >= 11 is 0. The normalized spacial score (nSPS) is 19.2. The first-order chi connectivity index (χ1) is 14.8. The van der Waals surface area contributed by atoms with Crippen LogP contribution in [0.2, 0.25) is 0 Å². The number of morpholine rings is 1. The van der Waals surface area contributed by atoms with Gasteiger partial charge in [-0.05, 0) is 49.8 Å². The summed E-state index contributed by atoms with van der Waals surface area (Å²) in [7, 11) is 1.80. The second kappa shape index (κ2) is 15.1. The van der Waals surface area contributed by atoms with Crippen molar-refractivity contribution in [1.82, 2.24) is 15.5 Å². The van der Waals surface area contributed by atoms with E-state index in [0.717, 1.165) is 90.1 Å². The highest BCUT2D eigenvalue weighted by Gasteiger charge is 2.33. The highest BCUT2D eigenvalue weighted by atomic mass is 127. The lowest BCUT2D eigenvalue weighted by Crippen LogP contribution is -2.42. The van der Waals surface area contributed by atoms with Crippen LogP contribution in [-0.2, 0) is 15.9 Å². The monoisotopic (exact) mass is 548 g/mol. The van der Waals surface area contributed by atoms with Gasteiger partial charge in [0.05, 0.1) is 19.5 Å². The van der Waals surface area contributed by atoms with Crippen molar-refractivity contribution in [3.8, 4) is 0 Å². The van der Waals surface area contributed by atoms with Crippen LogP contribution >= 0.6 is 24.0 Å². The zero-order valence-electron chi connectivity index (χ0n) is 19.1. The van der Waals surface area contributed by atoms with Crippen molar-refractivity contribution in [2.24, 2.45) is 10.4 Å². The Kier molecular flexibility index (Phi) is 12.8. The minimum Gasteiger partial charge on any atom is -0.469 e. The van der Waals surface area contributed by atoms with E-state index in [4.69, 9.17) is 18.9 Å². The van der Waals surface area contributed by atoms with E-state index in [-0.39, 0.29) is 24.0 Å². The second-order valence-corrected chi connectivity index (χ2v) is 8.61. The van der Waals surface area contributed by atoms with Crippen molar-refractivity contribution < 1.29 is 13.9 Å². The summed E-state index contributed by atoms with van der Waals surface area (Å²) < 4.78 is 16.3. The quantitative estimate of drug-likeness (QED) is 0.181. The molecule has 0 atom stereocenters. The number of methoxy groups -OCH3 is 1. The van der Waals surface area contributed by atoms with E-state index >= 15 is 0 Å². The van der Waals surface area contributed by atoms with Crippen molar-refractivity contribution in [3.63, 3.8) is 0 Å². The molecule has 2 N–H and O–H groups in total. The van der Waals surface area contributed by atoms with Crippen LogP contribution < -0.4 is 10.6 Å². The third kappa shape index (κ3) is 9.67. The van der Waals surface area contributed by atoms with Gasteiger partial charge in [-0.1, -0.05) is 12.8 Å². The van der Waals surface area contributed by atoms with Gasteiger partial charge in [-0.2, -0.15) is 0 Å². The summed E-state index contributed by atoms with van der Waals surface area (Å²) in [6, 6.07) is 3.96. The molecule has 2 aliphatic rings. The molecule has 1 saturated carbocycles. The van der Waals surface area contributed by atoms with Gasteiger partial charge in [0.2, 0.25) is 0 Å². The largest absolute Gasteiger partial charge is 0.469 e. The lowest BCUT2D eigenvalue weighted by atomic mass is 9.83. The fourth-order valence-electron chi connectivity index (χ4n) is 4.44.